The maximum Gasteiger partial charge on any atom is 0.227 e. The van der Waals surface area contributed by atoms with Crippen LogP contribution in [0, 0.1) is 5.82 Å². The Kier molecular flexibility index (Phi) is 5.84. The van der Waals surface area contributed by atoms with E-state index in [1.165, 1.54) is 18.2 Å². The van der Waals surface area contributed by atoms with Crippen LogP contribution in [0.1, 0.15) is 6.42 Å². The lowest BCUT2D eigenvalue weighted by atomic mass is 10.1. The maximum atomic E-state index is 13.2. The first-order valence-corrected chi connectivity index (χ1v) is 5.65. The fourth-order valence-corrected chi connectivity index (χ4v) is 1.44. The average Bonchev–Trinajstić information content (AvgIpc) is 2.39. The van der Waals surface area contributed by atoms with Gasteiger partial charge in [-0.2, -0.15) is 0 Å². The van der Waals surface area contributed by atoms with Crippen molar-refractivity contribution in [1.82, 2.24) is 0 Å². The van der Waals surface area contributed by atoms with Gasteiger partial charge in [0, 0.05) is 0 Å². The number of anilines is 1. The first-order valence-electron chi connectivity index (χ1n) is 5.65. The monoisotopic (exact) mass is 273 g/mol. The Morgan fingerprint density at radius 1 is 1.21 bits per heavy atom. The Morgan fingerprint density at radius 3 is 2.42 bits per heavy atom. The fraction of sp³-hybridized carbons (Fsp3) is 0.417. The number of para-hydroxylation sites is 1. The number of amides is 1. The number of carbonyl (C=O) groups is 1. The molecule has 1 aromatic carbocycles. The number of hydrogen-bond acceptors (Lipinski definition) is 5. The molecule has 6 nitrogen and oxygen atoms in total. The number of benzene rings is 1. The van der Waals surface area contributed by atoms with Crippen LogP contribution in [-0.2, 0) is 4.79 Å². The van der Waals surface area contributed by atoms with E-state index < -0.39 is 43.1 Å². The van der Waals surface area contributed by atoms with Crippen LogP contribution >= 0.6 is 0 Å². The molecule has 0 aliphatic rings. The zero-order chi connectivity index (χ0) is 14.4. The Labute approximate surface area is 109 Å². The largest absolute Gasteiger partial charge is 0.394 e. The topological polar surface area (TPSA) is 110 Å². The molecule has 0 heterocycles. The van der Waals surface area contributed by atoms with Crippen LogP contribution < -0.4 is 5.32 Å². The second-order valence-electron chi connectivity index (χ2n) is 4.04. The van der Waals surface area contributed by atoms with Crippen molar-refractivity contribution in [2.45, 2.75) is 24.7 Å². The second-order valence-corrected chi connectivity index (χ2v) is 4.04. The number of aliphatic hydroxyl groups excluding tert-OH is 4. The molecule has 0 bridgehead atoms. The third-order valence-electron chi connectivity index (χ3n) is 2.52. The summed E-state index contributed by atoms with van der Waals surface area (Å²) in [5.74, 6) is -1.34. The third kappa shape index (κ3) is 4.56. The van der Waals surface area contributed by atoms with Gasteiger partial charge in [-0.25, -0.2) is 4.39 Å². The van der Waals surface area contributed by atoms with Gasteiger partial charge in [0.1, 0.15) is 18.0 Å². The van der Waals surface area contributed by atoms with Gasteiger partial charge in [-0.1, -0.05) is 12.1 Å². The lowest BCUT2D eigenvalue weighted by Crippen LogP contribution is -2.41. The summed E-state index contributed by atoms with van der Waals surface area (Å²) in [4.78, 5) is 11.5. The molecule has 0 aromatic heterocycles. The molecule has 0 radical (unpaired) electrons. The minimum absolute atomic E-state index is 0.0445. The first-order chi connectivity index (χ1) is 8.95. The molecule has 7 heteroatoms. The van der Waals surface area contributed by atoms with Gasteiger partial charge < -0.3 is 25.7 Å². The van der Waals surface area contributed by atoms with Gasteiger partial charge in [-0.05, 0) is 12.1 Å². The van der Waals surface area contributed by atoms with E-state index in [9.17, 15) is 19.4 Å². The maximum absolute atomic E-state index is 13.2. The van der Waals surface area contributed by atoms with E-state index >= 15 is 0 Å². The average molecular weight is 273 g/mol. The zero-order valence-corrected chi connectivity index (χ0v) is 10.0. The lowest BCUT2D eigenvalue weighted by molar-refractivity contribution is -0.123. The summed E-state index contributed by atoms with van der Waals surface area (Å²) in [6.07, 6.45) is -5.30. The summed E-state index contributed by atoms with van der Waals surface area (Å²) in [7, 11) is 0. The minimum Gasteiger partial charge on any atom is -0.394 e. The van der Waals surface area contributed by atoms with E-state index in [0.717, 1.165) is 6.07 Å². The van der Waals surface area contributed by atoms with Crippen molar-refractivity contribution in [2.24, 2.45) is 0 Å². The van der Waals surface area contributed by atoms with Gasteiger partial charge in [0.25, 0.3) is 0 Å². The predicted octanol–water partition coefficient (Wildman–Crippen LogP) is -0.771. The molecule has 0 fully saturated rings. The van der Waals surface area contributed by atoms with E-state index in [-0.39, 0.29) is 5.69 Å². The Hall–Kier alpha value is -1.54. The van der Waals surface area contributed by atoms with Crippen LogP contribution in [0.2, 0.25) is 0 Å². The van der Waals surface area contributed by atoms with E-state index in [0.29, 0.717) is 0 Å². The molecule has 1 rings (SSSR count). The Bertz CT molecular complexity index is 428. The van der Waals surface area contributed by atoms with Crippen molar-refractivity contribution in [2.75, 3.05) is 11.9 Å². The molecule has 3 atom stereocenters. The normalized spacial score (nSPS) is 15.6. The van der Waals surface area contributed by atoms with E-state index in [2.05, 4.69) is 5.32 Å². The van der Waals surface area contributed by atoms with Crippen LogP contribution in [0.25, 0.3) is 0 Å². The predicted molar refractivity (Wildman–Crippen MR) is 64.8 cm³/mol. The highest BCUT2D eigenvalue weighted by atomic mass is 19.1. The molecule has 1 amide bonds. The number of carbonyl (C=O) groups excluding carboxylic acids is 1. The standard InChI is InChI=1S/C12H16FNO5/c13-7-3-1-2-4-8(7)14-11(18)5-9(16)12(19)10(17)6-15/h1-4,9-10,12,15-17,19H,5-6H2,(H,14,18)/t9-,10-,12+/m1/s1. The summed E-state index contributed by atoms with van der Waals surface area (Å²) in [5.41, 5.74) is -0.0445. The quantitative estimate of drug-likeness (QED) is 0.467. The summed E-state index contributed by atoms with van der Waals surface area (Å²) in [5, 5.41) is 38.7. The van der Waals surface area contributed by atoms with Crippen molar-refractivity contribution in [3.63, 3.8) is 0 Å². The Balaban J connectivity index is 2.54. The molecular weight excluding hydrogens is 257 g/mol. The molecule has 19 heavy (non-hydrogen) atoms. The van der Waals surface area contributed by atoms with Gasteiger partial charge in [0.2, 0.25) is 5.91 Å². The smallest absolute Gasteiger partial charge is 0.227 e. The van der Waals surface area contributed by atoms with Crippen LogP contribution in [0.5, 0.6) is 0 Å². The number of halogens is 1. The SMILES string of the molecule is O=C(C[C@@H](O)[C@H](O)[C@H](O)CO)Nc1ccccc1F. The molecule has 0 unspecified atom stereocenters. The number of rotatable bonds is 6. The highest BCUT2D eigenvalue weighted by Gasteiger charge is 2.26. The number of nitrogens with one attached hydrogen (secondary N) is 1. The lowest BCUT2D eigenvalue weighted by Gasteiger charge is -2.21. The minimum atomic E-state index is -1.66. The van der Waals surface area contributed by atoms with Crippen molar-refractivity contribution in [3.05, 3.63) is 30.1 Å². The summed E-state index contributed by atoms with van der Waals surface area (Å²) >= 11 is 0. The van der Waals surface area contributed by atoms with Crippen LogP contribution in [0.3, 0.4) is 0 Å². The van der Waals surface area contributed by atoms with Crippen LogP contribution in [0.4, 0.5) is 10.1 Å². The van der Waals surface area contributed by atoms with Gasteiger partial charge in [0.15, 0.2) is 0 Å². The van der Waals surface area contributed by atoms with E-state index in [4.69, 9.17) is 10.2 Å². The molecule has 0 saturated heterocycles. The molecular formula is C12H16FNO5. The molecule has 106 valence electrons. The number of hydrogen-bond donors (Lipinski definition) is 5. The zero-order valence-electron chi connectivity index (χ0n) is 10.0. The van der Waals surface area contributed by atoms with Gasteiger partial charge in [0.05, 0.1) is 24.8 Å². The highest BCUT2D eigenvalue weighted by molar-refractivity contribution is 5.91. The third-order valence-corrected chi connectivity index (χ3v) is 2.52. The molecule has 0 saturated carbocycles. The Morgan fingerprint density at radius 2 is 1.84 bits per heavy atom. The van der Waals surface area contributed by atoms with E-state index in [1.807, 2.05) is 0 Å². The van der Waals surface area contributed by atoms with Gasteiger partial charge in [-0.3, -0.25) is 4.79 Å². The molecule has 0 aliphatic heterocycles. The van der Waals surface area contributed by atoms with Crippen molar-refractivity contribution >= 4 is 11.6 Å². The molecule has 1 aromatic rings. The summed E-state index contributed by atoms with van der Waals surface area (Å²) in [6, 6.07) is 5.50. The number of aliphatic hydroxyl groups is 4. The fourth-order valence-electron chi connectivity index (χ4n) is 1.44. The highest BCUT2D eigenvalue weighted by Crippen LogP contribution is 2.13. The van der Waals surface area contributed by atoms with E-state index in [1.54, 1.807) is 0 Å². The van der Waals surface area contributed by atoms with Crippen LogP contribution in [-0.4, -0.2) is 51.3 Å². The molecule has 5 N–H and O–H groups in total. The van der Waals surface area contributed by atoms with Crippen molar-refractivity contribution < 1.29 is 29.6 Å². The summed E-state index contributed by atoms with van der Waals surface area (Å²) in [6.45, 7) is -0.743. The van der Waals surface area contributed by atoms with Crippen molar-refractivity contribution in [1.29, 1.82) is 0 Å². The van der Waals surface area contributed by atoms with Gasteiger partial charge in [-0.15, -0.1) is 0 Å². The van der Waals surface area contributed by atoms with Gasteiger partial charge >= 0.3 is 0 Å². The van der Waals surface area contributed by atoms with Crippen LogP contribution in [0.15, 0.2) is 24.3 Å². The summed E-state index contributed by atoms with van der Waals surface area (Å²) < 4.78 is 13.2. The molecule has 0 aliphatic carbocycles. The molecule has 0 spiro atoms. The first kappa shape index (κ1) is 15.5. The van der Waals surface area contributed by atoms with Crippen molar-refractivity contribution in [3.8, 4) is 0 Å². The second kappa shape index (κ2) is 7.15.